The molecule has 0 saturated carbocycles. The van der Waals surface area contributed by atoms with Crippen molar-refractivity contribution in [1.29, 1.82) is 0 Å². The number of aromatic nitrogens is 2. The Morgan fingerprint density at radius 2 is 1.96 bits per heavy atom. The van der Waals surface area contributed by atoms with Crippen molar-refractivity contribution in [2.45, 2.75) is 33.2 Å². The van der Waals surface area contributed by atoms with Gasteiger partial charge in [0, 0.05) is 7.05 Å². The molecular formula is C20H22N5O3+. The number of likely N-dealkylation sites (N-methyl/N-ethyl adjacent to an activating group) is 1. The third kappa shape index (κ3) is 2.48. The fraction of sp³-hybridized carbons (Fsp3) is 0.350. The van der Waals surface area contributed by atoms with Gasteiger partial charge in [0.15, 0.2) is 0 Å². The highest BCUT2D eigenvalue weighted by Gasteiger charge is 2.53. The normalized spacial score (nSPS) is 18.3. The number of imidazole rings is 1. The van der Waals surface area contributed by atoms with Crippen molar-refractivity contribution < 1.29 is 19.0 Å². The van der Waals surface area contributed by atoms with E-state index in [0.717, 1.165) is 28.3 Å². The largest absolute Gasteiger partial charge is 0.406 e. The number of carbonyl (C=O) groups is 3. The number of nitrogens with zero attached hydrogens (tertiary/aromatic N) is 5. The Hall–Kier alpha value is -3.29. The van der Waals surface area contributed by atoms with Gasteiger partial charge >= 0.3 is 12.0 Å². The second kappa shape index (κ2) is 6.40. The van der Waals surface area contributed by atoms with Crippen LogP contribution in [0.4, 0.5) is 10.7 Å². The lowest BCUT2D eigenvalue weighted by molar-refractivity contribution is -0.676. The Labute approximate surface area is 162 Å². The number of hydrogen-bond donors (Lipinski definition) is 0. The molecule has 3 amide bonds. The number of hydrogen-bond acceptors (Lipinski definition) is 4. The number of imide groups is 1. The fourth-order valence-corrected chi connectivity index (χ4v) is 3.88. The summed E-state index contributed by atoms with van der Waals surface area (Å²) in [4.78, 5) is 44.2. The number of urea groups is 1. The smallest absolute Gasteiger partial charge is 0.298 e. The Morgan fingerprint density at radius 1 is 1.25 bits per heavy atom. The van der Waals surface area contributed by atoms with Crippen molar-refractivity contribution in [3.05, 3.63) is 41.7 Å². The quantitative estimate of drug-likeness (QED) is 0.758. The number of aliphatic imine (C=N–C) groups is 1. The summed E-state index contributed by atoms with van der Waals surface area (Å²) in [6.45, 7) is 5.18. The molecule has 1 aromatic carbocycles. The maximum absolute atomic E-state index is 13.1. The summed E-state index contributed by atoms with van der Waals surface area (Å²) in [7, 11) is 1.58. The fourth-order valence-electron chi connectivity index (χ4n) is 3.88. The minimum Gasteiger partial charge on any atom is -0.298 e. The number of ketones is 1. The van der Waals surface area contributed by atoms with Crippen LogP contribution in [0.1, 0.15) is 31.1 Å². The topological polar surface area (TPSA) is 78.9 Å². The van der Waals surface area contributed by atoms with Gasteiger partial charge in [0.2, 0.25) is 11.9 Å². The molecule has 1 aromatic heterocycles. The molecule has 144 valence electrons. The molecule has 2 aliphatic heterocycles. The molecule has 8 heteroatoms. The highest BCUT2D eigenvalue weighted by Crippen LogP contribution is 2.32. The lowest BCUT2D eigenvalue weighted by Crippen LogP contribution is -2.63. The third-order valence-electron chi connectivity index (χ3n) is 5.20. The standard InChI is InChI=1S/C20H22N5O3/c1-5-14-8-6-7-9-15(14)25-12(2)10-23-16-17(21-19(23)25)22(4)20(28)24(18(16)27)11-13(3)26/h6-10,16H,5,11H2,1-4H3/q+1. The van der Waals surface area contributed by atoms with Gasteiger partial charge in [-0.25, -0.2) is 9.36 Å². The Balaban J connectivity index is 1.87. The van der Waals surface area contributed by atoms with Crippen LogP contribution in [0.5, 0.6) is 0 Å². The van der Waals surface area contributed by atoms with E-state index in [2.05, 4.69) is 18.0 Å². The molecule has 1 atom stereocenters. The van der Waals surface area contributed by atoms with Crippen molar-refractivity contribution in [1.82, 2.24) is 14.4 Å². The molecule has 1 unspecified atom stereocenters. The van der Waals surface area contributed by atoms with E-state index >= 15 is 0 Å². The van der Waals surface area contributed by atoms with Crippen LogP contribution in [0, 0.1) is 6.92 Å². The maximum atomic E-state index is 13.1. The summed E-state index contributed by atoms with van der Waals surface area (Å²) in [6.07, 6.45) is 2.73. The molecule has 0 bridgehead atoms. The van der Waals surface area contributed by atoms with Crippen molar-refractivity contribution in [3.8, 4) is 5.69 Å². The van der Waals surface area contributed by atoms with Gasteiger partial charge in [0.1, 0.15) is 23.4 Å². The second-order valence-electron chi connectivity index (χ2n) is 7.14. The summed E-state index contributed by atoms with van der Waals surface area (Å²) < 4.78 is 3.79. The molecule has 0 radical (unpaired) electrons. The van der Waals surface area contributed by atoms with Crippen LogP contribution < -0.4 is 4.57 Å². The number of rotatable bonds is 4. The summed E-state index contributed by atoms with van der Waals surface area (Å²) in [6, 6.07) is 6.78. The molecule has 28 heavy (non-hydrogen) atoms. The second-order valence-corrected chi connectivity index (χ2v) is 7.14. The molecular weight excluding hydrogens is 358 g/mol. The first-order valence-electron chi connectivity index (χ1n) is 9.24. The number of benzene rings is 1. The van der Waals surface area contributed by atoms with Crippen LogP contribution in [0.3, 0.4) is 0 Å². The van der Waals surface area contributed by atoms with Crippen LogP contribution >= 0.6 is 0 Å². The monoisotopic (exact) mass is 380 g/mol. The zero-order chi connectivity index (χ0) is 20.2. The van der Waals surface area contributed by atoms with Gasteiger partial charge in [0.25, 0.3) is 5.91 Å². The minimum atomic E-state index is -0.745. The summed E-state index contributed by atoms with van der Waals surface area (Å²) in [5, 5.41) is 0. The predicted octanol–water partition coefficient (Wildman–Crippen LogP) is 1.70. The average molecular weight is 380 g/mol. The molecule has 2 aromatic rings. The average Bonchev–Trinajstić information content (AvgIpc) is 3.17. The van der Waals surface area contributed by atoms with Gasteiger partial charge in [-0.15, -0.1) is 0 Å². The first-order chi connectivity index (χ1) is 13.3. The highest BCUT2D eigenvalue weighted by atomic mass is 16.2. The molecule has 3 heterocycles. The highest BCUT2D eigenvalue weighted by molar-refractivity contribution is 6.19. The molecule has 0 aliphatic carbocycles. The van der Waals surface area contributed by atoms with Crippen LogP contribution in [0.2, 0.25) is 0 Å². The van der Waals surface area contributed by atoms with Crippen LogP contribution in [-0.2, 0) is 16.0 Å². The van der Waals surface area contributed by atoms with Crippen molar-refractivity contribution in [2.75, 3.05) is 13.6 Å². The lowest BCUT2D eigenvalue weighted by atomic mass is 10.1. The molecule has 4 rings (SSSR count). The maximum Gasteiger partial charge on any atom is 0.406 e. The van der Waals surface area contributed by atoms with E-state index in [9.17, 15) is 14.4 Å². The number of carbonyl (C=O) groups excluding carboxylic acids is 3. The number of aryl methyl sites for hydroxylation is 2. The van der Waals surface area contributed by atoms with E-state index in [1.807, 2.05) is 35.9 Å². The van der Waals surface area contributed by atoms with E-state index < -0.39 is 18.0 Å². The van der Waals surface area contributed by atoms with Gasteiger partial charge in [0.05, 0.1) is 6.54 Å². The Morgan fingerprint density at radius 3 is 2.64 bits per heavy atom. The molecule has 8 nitrogen and oxygen atoms in total. The van der Waals surface area contributed by atoms with E-state index in [4.69, 9.17) is 0 Å². The first kappa shape index (κ1) is 18.1. The van der Waals surface area contributed by atoms with Crippen molar-refractivity contribution >= 4 is 29.5 Å². The zero-order valence-corrected chi connectivity index (χ0v) is 16.3. The van der Waals surface area contributed by atoms with E-state index in [0.29, 0.717) is 11.8 Å². The molecule has 0 spiro atoms. The number of amides is 3. The minimum absolute atomic E-state index is 0.236. The number of fused-ring (bicyclic) bond motifs is 3. The van der Waals surface area contributed by atoms with E-state index in [1.54, 1.807) is 11.6 Å². The van der Waals surface area contributed by atoms with Crippen LogP contribution in [0.15, 0.2) is 35.5 Å². The summed E-state index contributed by atoms with van der Waals surface area (Å²) >= 11 is 0. The number of Topliss-reactive ketones (excluding diaryl/α,β-unsaturated/α-hetero) is 1. The summed E-state index contributed by atoms with van der Waals surface area (Å²) in [5.74, 6) is 0.301. The molecule has 0 N–H and O–H groups in total. The van der Waals surface area contributed by atoms with Crippen molar-refractivity contribution in [2.24, 2.45) is 4.99 Å². The first-order valence-corrected chi connectivity index (χ1v) is 9.24. The van der Waals surface area contributed by atoms with E-state index in [1.165, 1.54) is 11.8 Å². The van der Waals surface area contributed by atoms with Gasteiger partial charge < -0.3 is 0 Å². The molecule has 1 saturated heterocycles. The summed E-state index contributed by atoms with van der Waals surface area (Å²) in [5.41, 5.74) is 3.10. The van der Waals surface area contributed by atoms with E-state index in [-0.39, 0.29) is 12.3 Å². The van der Waals surface area contributed by atoms with Crippen LogP contribution in [-0.4, -0.2) is 51.5 Å². The Kier molecular flexibility index (Phi) is 4.14. The molecule has 1 fully saturated rings. The lowest BCUT2D eigenvalue weighted by Gasteiger charge is -2.32. The third-order valence-corrected chi connectivity index (χ3v) is 5.20. The van der Waals surface area contributed by atoms with Crippen LogP contribution in [0.25, 0.3) is 5.69 Å². The molecule has 2 aliphatic rings. The van der Waals surface area contributed by atoms with Crippen molar-refractivity contribution in [3.63, 3.8) is 0 Å². The Bertz CT molecular complexity index is 1050. The van der Waals surface area contributed by atoms with Gasteiger partial charge in [-0.05, 0) is 31.9 Å². The van der Waals surface area contributed by atoms with Gasteiger partial charge in [-0.3, -0.25) is 19.4 Å². The zero-order valence-electron chi connectivity index (χ0n) is 16.3. The SMILES string of the molecule is CCc1ccccc1-n1c(C)c[n+]2c1N=C1C2C(=O)N(CC(C)=O)C(=O)N1C. The number of para-hydroxylation sites is 1. The number of amidine groups is 1. The van der Waals surface area contributed by atoms with Gasteiger partial charge in [-0.1, -0.05) is 30.1 Å². The predicted molar refractivity (Wildman–Crippen MR) is 102 cm³/mol. The van der Waals surface area contributed by atoms with Gasteiger partial charge in [-0.2, -0.15) is 4.57 Å².